The highest BCUT2D eigenvalue weighted by molar-refractivity contribution is 4.84. The van der Waals surface area contributed by atoms with E-state index < -0.39 is 0 Å². The lowest BCUT2D eigenvalue weighted by atomic mass is 9.78. The minimum Gasteiger partial charge on any atom is -0.304 e. The summed E-state index contributed by atoms with van der Waals surface area (Å²) >= 11 is 0. The van der Waals surface area contributed by atoms with Crippen LogP contribution in [0, 0.1) is 11.3 Å². The summed E-state index contributed by atoms with van der Waals surface area (Å²) in [5.41, 5.74) is 0.457. The van der Waals surface area contributed by atoms with Crippen LogP contribution in [-0.2, 0) is 0 Å². The third-order valence-corrected chi connectivity index (χ3v) is 2.70. The fraction of sp³-hybridized carbons (Fsp3) is 1.00. The van der Waals surface area contributed by atoms with Gasteiger partial charge in [0.1, 0.15) is 0 Å². The Morgan fingerprint density at radius 1 is 1.20 bits per heavy atom. The maximum Gasteiger partial charge on any atom is 0.0454 e. The van der Waals surface area contributed by atoms with Crippen molar-refractivity contribution in [3.63, 3.8) is 0 Å². The van der Waals surface area contributed by atoms with E-state index in [1.54, 1.807) is 0 Å². The molecule has 60 valence electrons. The van der Waals surface area contributed by atoms with E-state index in [9.17, 15) is 0 Å². The van der Waals surface area contributed by atoms with Gasteiger partial charge in [0.15, 0.2) is 0 Å². The zero-order chi connectivity index (χ0) is 7.61. The monoisotopic (exact) mass is 142 g/mol. The van der Waals surface area contributed by atoms with Gasteiger partial charge in [-0.25, -0.2) is 0 Å². The van der Waals surface area contributed by atoms with Crippen LogP contribution in [0.4, 0.5) is 0 Å². The predicted octanol–water partition coefficient (Wildman–Crippen LogP) is 0.799. The third kappa shape index (κ3) is 1.50. The van der Waals surface area contributed by atoms with E-state index >= 15 is 0 Å². The average Bonchev–Trinajstić information content (AvgIpc) is 1.89. The zero-order valence-electron chi connectivity index (χ0n) is 7.20. The fourth-order valence-corrected chi connectivity index (χ4v) is 1.26. The van der Waals surface area contributed by atoms with Crippen LogP contribution in [0.2, 0.25) is 0 Å². The summed E-state index contributed by atoms with van der Waals surface area (Å²) in [5.74, 6) is 0.757. The van der Waals surface area contributed by atoms with Crippen molar-refractivity contribution in [2.45, 2.75) is 20.8 Å². The third-order valence-electron chi connectivity index (χ3n) is 2.70. The maximum absolute atomic E-state index is 3.35. The van der Waals surface area contributed by atoms with Gasteiger partial charge in [-0.15, -0.1) is 0 Å². The highest BCUT2D eigenvalue weighted by atomic mass is 15.1. The molecule has 0 unspecified atom stereocenters. The van der Waals surface area contributed by atoms with Gasteiger partial charge in [0.05, 0.1) is 0 Å². The molecule has 2 nitrogen and oxygen atoms in total. The van der Waals surface area contributed by atoms with Crippen molar-refractivity contribution in [3.8, 4) is 0 Å². The first-order chi connectivity index (χ1) is 4.65. The lowest BCUT2D eigenvalue weighted by molar-refractivity contribution is 0.169. The Morgan fingerprint density at radius 3 is 2.00 bits per heavy atom. The maximum atomic E-state index is 3.35. The van der Waals surface area contributed by atoms with E-state index in [1.807, 2.05) is 0 Å². The molecule has 10 heavy (non-hydrogen) atoms. The summed E-state index contributed by atoms with van der Waals surface area (Å²) in [5, 5.41) is 6.69. The van der Waals surface area contributed by atoms with E-state index in [4.69, 9.17) is 0 Å². The molecular formula is C8H18N2. The Balaban J connectivity index is 2.48. The molecule has 0 aliphatic carbocycles. The van der Waals surface area contributed by atoms with Crippen molar-refractivity contribution in [3.05, 3.63) is 0 Å². The quantitative estimate of drug-likeness (QED) is 0.566. The first kappa shape index (κ1) is 8.02. The molecule has 1 fully saturated rings. The van der Waals surface area contributed by atoms with Gasteiger partial charge in [0.25, 0.3) is 0 Å². The molecule has 0 aromatic rings. The van der Waals surface area contributed by atoms with Gasteiger partial charge in [0.2, 0.25) is 0 Å². The lowest BCUT2D eigenvalue weighted by Crippen LogP contribution is -2.52. The molecule has 0 saturated carbocycles. The van der Waals surface area contributed by atoms with Gasteiger partial charge in [-0.1, -0.05) is 20.8 Å². The summed E-state index contributed by atoms with van der Waals surface area (Å²) in [7, 11) is 0. The lowest BCUT2D eigenvalue weighted by Gasteiger charge is -2.38. The van der Waals surface area contributed by atoms with Crippen LogP contribution < -0.4 is 10.6 Å². The second-order valence-electron chi connectivity index (χ2n) is 3.84. The topological polar surface area (TPSA) is 24.1 Å². The van der Waals surface area contributed by atoms with Crippen molar-refractivity contribution in [1.29, 1.82) is 0 Å². The molecule has 1 saturated heterocycles. The Morgan fingerprint density at radius 2 is 1.70 bits per heavy atom. The molecule has 0 spiro atoms. The Labute approximate surface area is 63.4 Å². The van der Waals surface area contributed by atoms with Crippen LogP contribution in [0.1, 0.15) is 20.8 Å². The summed E-state index contributed by atoms with van der Waals surface area (Å²) in [4.78, 5) is 0. The minimum atomic E-state index is 0.457. The smallest absolute Gasteiger partial charge is 0.0454 e. The highest BCUT2D eigenvalue weighted by Crippen LogP contribution is 2.25. The average molecular weight is 142 g/mol. The minimum absolute atomic E-state index is 0.457. The van der Waals surface area contributed by atoms with Crippen LogP contribution >= 0.6 is 0 Å². The molecule has 2 heteroatoms. The van der Waals surface area contributed by atoms with E-state index in [0.717, 1.165) is 25.7 Å². The van der Waals surface area contributed by atoms with Crippen LogP contribution in [0.3, 0.4) is 0 Å². The second-order valence-corrected chi connectivity index (χ2v) is 3.84. The SMILES string of the molecule is CC(C)C1(C)CNCNC1. The van der Waals surface area contributed by atoms with Crippen LogP contribution in [0.5, 0.6) is 0 Å². The normalized spacial score (nSPS) is 25.2. The summed E-state index contributed by atoms with van der Waals surface area (Å²) in [6.45, 7) is 10.2. The van der Waals surface area contributed by atoms with Gasteiger partial charge in [-0.05, 0) is 11.3 Å². The molecule has 2 N–H and O–H groups in total. The van der Waals surface area contributed by atoms with Gasteiger partial charge in [-0.3, -0.25) is 0 Å². The molecule has 1 rings (SSSR count). The zero-order valence-corrected chi connectivity index (χ0v) is 7.20. The number of rotatable bonds is 1. The van der Waals surface area contributed by atoms with Gasteiger partial charge in [-0.2, -0.15) is 0 Å². The Hall–Kier alpha value is -0.0800. The molecule has 0 atom stereocenters. The fourth-order valence-electron chi connectivity index (χ4n) is 1.26. The number of hydrogen-bond donors (Lipinski definition) is 2. The van der Waals surface area contributed by atoms with Crippen molar-refractivity contribution in [2.75, 3.05) is 19.8 Å². The first-order valence-corrected chi connectivity index (χ1v) is 4.06. The van der Waals surface area contributed by atoms with E-state index in [0.29, 0.717) is 5.41 Å². The molecule has 1 aliphatic rings. The van der Waals surface area contributed by atoms with E-state index in [-0.39, 0.29) is 0 Å². The Kier molecular flexibility index (Phi) is 2.32. The van der Waals surface area contributed by atoms with E-state index in [2.05, 4.69) is 31.4 Å². The van der Waals surface area contributed by atoms with E-state index in [1.165, 1.54) is 0 Å². The van der Waals surface area contributed by atoms with Crippen molar-refractivity contribution >= 4 is 0 Å². The van der Waals surface area contributed by atoms with Crippen LogP contribution in [0.15, 0.2) is 0 Å². The standard InChI is InChI=1S/C8H18N2/c1-7(2)8(3)4-9-6-10-5-8/h7,9-10H,4-6H2,1-3H3. The Bertz CT molecular complexity index is 104. The summed E-state index contributed by atoms with van der Waals surface area (Å²) in [6.07, 6.45) is 0. The van der Waals surface area contributed by atoms with Gasteiger partial charge in [0, 0.05) is 19.8 Å². The summed E-state index contributed by atoms with van der Waals surface area (Å²) < 4.78 is 0. The van der Waals surface area contributed by atoms with Crippen molar-refractivity contribution in [2.24, 2.45) is 11.3 Å². The molecule has 0 aromatic carbocycles. The highest BCUT2D eigenvalue weighted by Gasteiger charge is 2.29. The predicted molar refractivity (Wildman–Crippen MR) is 43.8 cm³/mol. The van der Waals surface area contributed by atoms with Gasteiger partial charge >= 0.3 is 0 Å². The van der Waals surface area contributed by atoms with Crippen LogP contribution in [-0.4, -0.2) is 19.8 Å². The second kappa shape index (κ2) is 2.89. The molecule has 1 aliphatic heterocycles. The van der Waals surface area contributed by atoms with Crippen LogP contribution in [0.25, 0.3) is 0 Å². The molecule has 0 aromatic heterocycles. The molecular weight excluding hydrogens is 124 g/mol. The number of hydrogen-bond acceptors (Lipinski definition) is 2. The largest absolute Gasteiger partial charge is 0.304 e. The molecule has 0 bridgehead atoms. The molecule has 0 radical (unpaired) electrons. The molecule has 1 heterocycles. The van der Waals surface area contributed by atoms with Gasteiger partial charge < -0.3 is 10.6 Å². The van der Waals surface area contributed by atoms with Crippen molar-refractivity contribution < 1.29 is 0 Å². The first-order valence-electron chi connectivity index (χ1n) is 4.06. The number of nitrogens with one attached hydrogen (secondary N) is 2. The molecule has 0 amide bonds. The van der Waals surface area contributed by atoms with Crippen molar-refractivity contribution in [1.82, 2.24) is 10.6 Å². The summed E-state index contributed by atoms with van der Waals surface area (Å²) in [6, 6.07) is 0.